The number of hydrogen-bond donors (Lipinski definition) is 0. The zero-order valence-electron chi connectivity index (χ0n) is 16.0. The molecule has 0 radical (unpaired) electrons. The van der Waals surface area contributed by atoms with Crippen molar-refractivity contribution in [2.45, 2.75) is 35.9 Å². The highest BCUT2D eigenvalue weighted by Gasteiger charge is 2.48. The average Bonchev–Trinajstić information content (AvgIpc) is 3.22. The maximum atomic E-state index is 12.9. The van der Waals surface area contributed by atoms with Gasteiger partial charge in [-0.25, -0.2) is 13.2 Å². The van der Waals surface area contributed by atoms with E-state index < -0.39 is 21.4 Å². The average molecular weight is 440 g/mol. The van der Waals surface area contributed by atoms with Crippen molar-refractivity contribution >= 4 is 21.6 Å². The van der Waals surface area contributed by atoms with Gasteiger partial charge in [0.1, 0.15) is 5.75 Å². The van der Waals surface area contributed by atoms with Gasteiger partial charge in [0.15, 0.2) is 9.84 Å². The molecule has 0 saturated carbocycles. The molecule has 0 spiro atoms. The Bertz CT molecular complexity index is 1050. The van der Waals surface area contributed by atoms with E-state index in [0.717, 1.165) is 17.7 Å². The van der Waals surface area contributed by atoms with Crippen LogP contribution in [0.5, 0.6) is 5.75 Å². The third-order valence-electron chi connectivity index (χ3n) is 5.42. The molecule has 0 unspecified atom stereocenters. The predicted octanol–water partition coefficient (Wildman–Crippen LogP) is 3.75. The molecular weight excluding hydrogens is 421 g/mol. The number of alkyl halides is 3. The third kappa shape index (κ3) is 3.83. The number of urea groups is 1. The van der Waals surface area contributed by atoms with Gasteiger partial charge in [0, 0.05) is 18.8 Å². The van der Waals surface area contributed by atoms with Crippen molar-refractivity contribution in [1.82, 2.24) is 4.90 Å². The molecule has 2 heterocycles. The van der Waals surface area contributed by atoms with Crippen molar-refractivity contribution in [2.24, 2.45) is 0 Å². The number of carbonyl (C=O) groups is 1. The molecule has 0 bridgehead atoms. The van der Waals surface area contributed by atoms with Gasteiger partial charge < -0.3 is 9.64 Å². The van der Waals surface area contributed by atoms with E-state index in [0.29, 0.717) is 12.1 Å². The molecule has 2 aliphatic heterocycles. The molecule has 6 nitrogen and oxygen atoms in total. The molecule has 0 N–H and O–H groups in total. The van der Waals surface area contributed by atoms with E-state index in [9.17, 15) is 26.4 Å². The Balaban J connectivity index is 1.46. The minimum Gasteiger partial charge on any atom is -0.406 e. The molecule has 10 heteroatoms. The summed E-state index contributed by atoms with van der Waals surface area (Å²) in [5, 5.41) is -0.682. The predicted molar refractivity (Wildman–Crippen MR) is 103 cm³/mol. The van der Waals surface area contributed by atoms with Gasteiger partial charge in [0.25, 0.3) is 0 Å². The molecule has 160 valence electrons. The summed E-state index contributed by atoms with van der Waals surface area (Å²) >= 11 is 0. The van der Waals surface area contributed by atoms with Crippen LogP contribution in [0, 0.1) is 6.92 Å². The third-order valence-corrected chi connectivity index (χ3v) is 7.56. The zero-order valence-corrected chi connectivity index (χ0v) is 16.8. The van der Waals surface area contributed by atoms with Crippen LogP contribution in [0.25, 0.3) is 0 Å². The molecule has 2 saturated heterocycles. The molecule has 2 aromatic carbocycles. The van der Waals surface area contributed by atoms with Gasteiger partial charge in [-0.3, -0.25) is 4.90 Å². The largest absolute Gasteiger partial charge is 0.573 e. The van der Waals surface area contributed by atoms with Crippen molar-refractivity contribution in [3.63, 3.8) is 0 Å². The first-order chi connectivity index (χ1) is 14.0. The maximum absolute atomic E-state index is 12.9. The van der Waals surface area contributed by atoms with Crippen LogP contribution in [0.3, 0.4) is 0 Å². The number of hydrogen-bond acceptors (Lipinski definition) is 4. The van der Waals surface area contributed by atoms with Gasteiger partial charge in [-0.1, -0.05) is 17.7 Å². The van der Waals surface area contributed by atoms with E-state index in [1.165, 1.54) is 21.9 Å². The molecule has 0 aliphatic carbocycles. The molecule has 4 rings (SSSR count). The molecule has 30 heavy (non-hydrogen) atoms. The van der Waals surface area contributed by atoms with Crippen LogP contribution in [0.4, 0.5) is 23.7 Å². The number of anilines is 1. The highest BCUT2D eigenvalue weighted by atomic mass is 32.2. The highest BCUT2D eigenvalue weighted by Crippen LogP contribution is 2.35. The number of rotatable bonds is 4. The number of fused-ring (bicyclic) bond motifs is 1. The molecule has 2 aromatic rings. The molecule has 2 atom stereocenters. The van der Waals surface area contributed by atoms with Gasteiger partial charge >= 0.3 is 12.4 Å². The lowest BCUT2D eigenvalue weighted by molar-refractivity contribution is -0.274. The summed E-state index contributed by atoms with van der Waals surface area (Å²) in [5.41, 5.74) is 1.39. The van der Waals surface area contributed by atoms with Crippen LogP contribution in [0.2, 0.25) is 0 Å². The van der Waals surface area contributed by atoms with E-state index in [1.54, 1.807) is 24.3 Å². The number of nitrogens with zero attached hydrogens (tertiary/aromatic N) is 2. The lowest BCUT2D eigenvalue weighted by atomic mass is 10.2. The van der Waals surface area contributed by atoms with Crippen molar-refractivity contribution in [2.75, 3.05) is 18.0 Å². The first-order valence-corrected chi connectivity index (χ1v) is 10.8. The molecule has 2 aliphatic rings. The molecule has 0 aromatic heterocycles. The van der Waals surface area contributed by atoms with Crippen LogP contribution in [0.1, 0.15) is 12.0 Å². The van der Waals surface area contributed by atoms with E-state index in [-0.39, 0.29) is 35.8 Å². The second kappa shape index (κ2) is 7.19. The maximum Gasteiger partial charge on any atom is 0.573 e. The Kier molecular flexibility index (Phi) is 4.92. The van der Waals surface area contributed by atoms with E-state index >= 15 is 0 Å². The number of ether oxygens (including phenoxy) is 1. The Morgan fingerprint density at radius 3 is 2.20 bits per heavy atom. The summed E-state index contributed by atoms with van der Waals surface area (Å²) in [4.78, 5) is 16.0. The van der Waals surface area contributed by atoms with Crippen LogP contribution in [-0.4, -0.2) is 50.1 Å². The number of carbonyl (C=O) groups excluding carboxylic acids is 1. The van der Waals surface area contributed by atoms with Crippen molar-refractivity contribution in [3.8, 4) is 5.75 Å². The molecular formula is C20H19F3N2O4S. The summed E-state index contributed by atoms with van der Waals surface area (Å²) < 4.78 is 66.6. The second-order valence-electron chi connectivity index (χ2n) is 7.46. The van der Waals surface area contributed by atoms with Gasteiger partial charge in [0.05, 0.1) is 16.2 Å². The first kappa shape index (κ1) is 20.5. The summed E-state index contributed by atoms with van der Waals surface area (Å²) in [5.74, 6) is -0.373. The standard InChI is InChI=1S/C20H19F3N2O4S/c1-13-2-8-17(9-3-13)30(27,28)18-10-15-11-24(19(26)25(15)12-18)14-4-6-16(7-5-14)29-20(21,22)23/h2-9,15,18H,10-12H2,1H3/t15-,18+/m0/s1. The normalized spacial score (nSPS) is 21.8. The number of benzene rings is 2. The smallest absolute Gasteiger partial charge is 0.406 e. The quantitative estimate of drug-likeness (QED) is 0.726. The number of aryl methyl sites for hydroxylation is 1. The fraction of sp³-hybridized carbons (Fsp3) is 0.350. The van der Waals surface area contributed by atoms with Crippen LogP contribution in [0.15, 0.2) is 53.4 Å². The summed E-state index contributed by atoms with van der Waals surface area (Å²) in [6.07, 6.45) is -4.47. The van der Waals surface area contributed by atoms with Crippen LogP contribution < -0.4 is 9.64 Å². The SMILES string of the molecule is Cc1ccc(S(=O)(=O)[C@@H]2C[C@H]3CN(c4ccc(OC(F)(F)F)cc4)C(=O)N3C2)cc1. The second-order valence-corrected chi connectivity index (χ2v) is 9.68. The van der Waals surface area contributed by atoms with Crippen molar-refractivity contribution < 1.29 is 31.1 Å². The van der Waals surface area contributed by atoms with Gasteiger partial charge in [-0.2, -0.15) is 0 Å². The highest BCUT2D eigenvalue weighted by molar-refractivity contribution is 7.92. The number of halogens is 3. The minimum absolute atomic E-state index is 0.0888. The van der Waals surface area contributed by atoms with Crippen LogP contribution >= 0.6 is 0 Å². The van der Waals surface area contributed by atoms with Crippen LogP contribution in [-0.2, 0) is 9.84 Å². The Hall–Kier alpha value is -2.75. The number of amides is 2. The Morgan fingerprint density at radius 2 is 1.63 bits per heavy atom. The van der Waals surface area contributed by atoms with E-state index in [2.05, 4.69) is 4.74 Å². The van der Waals surface area contributed by atoms with Crippen molar-refractivity contribution in [3.05, 3.63) is 54.1 Å². The first-order valence-electron chi connectivity index (χ1n) is 9.29. The van der Waals surface area contributed by atoms with E-state index in [4.69, 9.17) is 0 Å². The lowest BCUT2D eigenvalue weighted by Gasteiger charge is -2.20. The van der Waals surface area contributed by atoms with E-state index in [1.807, 2.05) is 6.92 Å². The number of sulfone groups is 1. The molecule has 2 amide bonds. The van der Waals surface area contributed by atoms with Gasteiger partial charge in [0.2, 0.25) is 0 Å². The monoisotopic (exact) mass is 440 g/mol. The summed E-state index contributed by atoms with van der Waals surface area (Å²) in [7, 11) is -3.56. The summed E-state index contributed by atoms with van der Waals surface area (Å²) in [6.45, 7) is 2.24. The summed E-state index contributed by atoms with van der Waals surface area (Å²) in [6, 6.07) is 11.0. The topological polar surface area (TPSA) is 66.9 Å². The van der Waals surface area contributed by atoms with Gasteiger partial charge in [-0.05, 0) is 49.7 Å². The zero-order chi connectivity index (χ0) is 21.7. The lowest BCUT2D eigenvalue weighted by Crippen LogP contribution is -2.35. The van der Waals surface area contributed by atoms with Crippen molar-refractivity contribution in [1.29, 1.82) is 0 Å². The Morgan fingerprint density at radius 1 is 1.00 bits per heavy atom. The minimum atomic E-state index is -4.79. The Labute approximate surface area is 171 Å². The van der Waals surface area contributed by atoms with Gasteiger partial charge in [-0.15, -0.1) is 13.2 Å². The fourth-order valence-electron chi connectivity index (χ4n) is 3.91. The fourth-order valence-corrected chi connectivity index (χ4v) is 5.65. The molecule has 2 fully saturated rings.